The zero-order valence-electron chi connectivity index (χ0n) is 9.66. The Bertz CT molecular complexity index is 385. The molecule has 3 heteroatoms. The number of hydrogen-bond donors (Lipinski definition) is 0. The molecule has 0 unspecified atom stereocenters. The van der Waals surface area contributed by atoms with E-state index in [1.54, 1.807) is 18.7 Å². The number of thioether (sulfide) groups is 1. The van der Waals surface area contributed by atoms with E-state index in [-0.39, 0.29) is 5.97 Å². The number of esters is 1. The van der Waals surface area contributed by atoms with Crippen molar-refractivity contribution in [1.82, 2.24) is 0 Å². The van der Waals surface area contributed by atoms with Crippen LogP contribution >= 0.6 is 11.8 Å². The highest BCUT2D eigenvalue weighted by molar-refractivity contribution is 7.99. The average Bonchev–Trinajstić information content (AvgIpc) is 2.28. The molecule has 0 aromatic heterocycles. The van der Waals surface area contributed by atoms with Gasteiger partial charge < -0.3 is 4.74 Å². The minimum absolute atomic E-state index is 0.302. The van der Waals surface area contributed by atoms with Crippen LogP contribution in [-0.2, 0) is 9.53 Å². The summed E-state index contributed by atoms with van der Waals surface area (Å²) in [5.74, 6) is 0.271. The molecule has 0 saturated carbocycles. The molecule has 0 fully saturated rings. The van der Waals surface area contributed by atoms with Crippen molar-refractivity contribution in [2.45, 2.75) is 18.7 Å². The maximum Gasteiger partial charge on any atom is 0.334 e. The molecule has 0 saturated heterocycles. The predicted molar refractivity (Wildman–Crippen MR) is 67.7 cm³/mol. The molecule has 1 aromatic carbocycles. The molecule has 0 radical (unpaired) electrons. The second-order valence-electron chi connectivity index (χ2n) is 3.38. The van der Waals surface area contributed by atoms with Crippen LogP contribution < -0.4 is 0 Å². The first-order chi connectivity index (χ1) is 7.65. The van der Waals surface area contributed by atoms with Gasteiger partial charge in [0.15, 0.2) is 0 Å². The summed E-state index contributed by atoms with van der Waals surface area (Å²) in [6, 6.07) is 8.08. The van der Waals surface area contributed by atoms with Gasteiger partial charge in [0.2, 0.25) is 0 Å². The van der Waals surface area contributed by atoms with Crippen molar-refractivity contribution in [2.75, 3.05) is 12.4 Å². The monoisotopic (exact) mass is 236 g/mol. The normalized spacial score (nSPS) is 9.88. The third-order valence-electron chi connectivity index (χ3n) is 2.06. The van der Waals surface area contributed by atoms with Gasteiger partial charge >= 0.3 is 5.97 Å². The van der Waals surface area contributed by atoms with Gasteiger partial charge in [-0.3, -0.25) is 0 Å². The number of carbonyl (C=O) groups excluding carboxylic acids is 1. The lowest BCUT2D eigenvalue weighted by Gasteiger charge is -2.06. The Hall–Kier alpha value is -1.22. The lowest BCUT2D eigenvalue weighted by atomic mass is 10.2. The third-order valence-corrected chi connectivity index (χ3v) is 3.32. The highest BCUT2D eigenvalue weighted by Crippen LogP contribution is 2.23. The minimum Gasteiger partial charge on any atom is -0.463 e. The summed E-state index contributed by atoms with van der Waals surface area (Å²) in [7, 11) is 0. The van der Waals surface area contributed by atoms with Crippen molar-refractivity contribution in [3.05, 3.63) is 42.0 Å². The van der Waals surface area contributed by atoms with E-state index in [0.717, 1.165) is 0 Å². The smallest absolute Gasteiger partial charge is 0.334 e. The maximum absolute atomic E-state index is 11.3. The van der Waals surface area contributed by atoms with E-state index >= 15 is 0 Å². The largest absolute Gasteiger partial charge is 0.463 e. The molecular weight excluding hydrogens is 220 g/mol. The minimum atomic E-state index is -0.302. The van der Waals surface area contributed by atoms with E-state index in [1.807, 2.05) is 18.2 Å². The molecule has 0 atom stereocenters. The van der Waals surface area contributed by atoms with Gasteiger partial charge in [-0.1, -0.05) is 24.8 Å². The SMILES string of the molecule is C=C(CSc1ccccc1C)C(=O)OCC. The van der Waals surface area contributed by atoms with E-state index < -0.39 is 0 Å². The fraction of sp³-hybridized carbons (Fsp3) is 0.308. The van der Waals surface area contributed by atoms with E-state index in [9.17, 15) is 4.79 Å². The molecular formula is C13H16O2S. The number of hydrogen-bond acceptors (Lipinski definition) is 3. The third kappa shape index (κ3) is 3.74. The van der Waals surface area contributed by atoms with Gasteiger partial charge in [-0.15, -0.1) is 11.8 Å². The fourth-order valence-corrected chi connectivity index (χ4v) is 2.09. The van der Waals surface area contributed by atoms with Crippen LogP contribution in [0.1, 0.15) is 12.5 Å². The molecule has 0 aliphatic rings. The molecule has 1 rings (SSSR count). The number of rotatable bonds is 5. The van der Waals surface area contributed by atoms with Crippen molar-refractivity contribution >= 4 is 17.7 Å². The molecule has 0 spiro atoms. The number of aryl methyl sites for hydroxylation is 1. The summed E-state index contributed by atoms with van der Waals surface area (Å²) >= 11 is 1.61. The number of carbonyl (C=O) groups is 1. The van der Waals surface area contributed by atoms with Crippen LogP contribution in [0.15, 0.2) is 41.3 Å². The zero-order chi connectivity index (χ0) is 12.0. The molecule has 1 aromatic rings. The van der Waals surface area contributed by atoms with Gasteiger partial charge in [0.05, 0.1) is 6.61 Å². The molecule has 86 valence electrons. The Balaban J connectivity index is 2.49. The van der Waals surface area contributed by atoms with Crippen LogP contribution in [-0.4, -0.2) is 18.3 Å². The summed E-state index contributed by atoms with van der Waals surface area (Å²) in [4.78, 5) is 12.5. The van der Waals surface area contributed by atoms with E-state index in [1.165, 1.54) is 10.5 Å². The second kappa shape index (κ2) is 6.38. The Kier molecular flexibility index (Phi) is 5.12. The Labute approximate surface area is 101 Å². The summed E-state index contributed by atoms with van der Waals surface area (Å²) in [5, 5.41) is 0. The topological polar surface area (TPSA) is 26.3 Å². The Morgan fingerprint density at radius 1 is 1.44 bits per heavy atom. The van der Waals surface area contributed by atoms with Crippen LogP contribution in [0, 0.1) is 6.92 Å². The van der Waals surface area contributed by atoms with Crippen molar-refractivity contribution in [1.29, 1.82) is 0 Å². The number of benzene rings is 1. The Morgan fingerprint density at radius 2 is 2.12 bits per heavy atom. The van der Waals surface area contributed by atoms with Crippen LogP contribution in [0.4, 0.5) is 0 Å². The van der Waals surface area contributed by atoms with Crippen molar-refractivity contribution in [3.63, 3.8) is 0 Å². The van der Waals surface area contributed by atoms with Crippen molar-refractivity contribution in [3.8, 4) is 0 Å². The van der Waals surface area contributed by atoms with Crippen LogP contribution in [0.3, 0.4) is 0 Å². The van der Waals surface area contributed by atoms with Crippen LogP contribution in [0.5, 0.6) is 0 Å². The van der Waals surface area contributed by atoms with Gasteiger partial charge in [-0.25, -0.2) is 4.79 Å². The van der Waals surface area contributed by atoms with Crippen molar-refractivity contribution in [2.24, 2.45) is 0 Å². The van der Waals surface area contributed by atoms with Gasteiger partial charge in [-0.2, -0.15) is 0 Å². The fourth-order valence-electron chi connectivity index (χ4n) is 1.18. The highest BCUT2D eigenvalue weighted by atomic mass is 32.2. The molecule has 0 bridgehead atoms. The lowest BCUT2D eigenvalue weighted by Crippen LogP contribution is -2.08. The average molecular weight is 236 g/mol. The van der Waals surface area contributed by atoms with E-state index in [0.29, 0.717) is 17.9 Å². The Morgan fingerprint density at radius 3 is 2.75 bits per heavy atom. The molecule has 0 heterocycles. The quantitative estimate of drug-likeness (QED) is 0.446. The maximum atomic E-state index is 11.3. The zero-order valence-corrected chi connectivity index (χ0v) is 10.5. The van der Waals surface area contributed by atoms with Crippen molar-refractivity contribution < 1.29 is 9.53 Å². The van der Waals surface area contributed by atoms with Gasteiger partial charge in [0.25, 0.3) is 0 Å². The first kappa shape index (κ1) is 12.8. The van der Waals surface area contributed by atoms with E-state index in [4.69, 9.17) is 4.74 Å². The lowest BCUT2D eigenvalue weighted by molar-refractivity contribution is -0.138. The molecule has 16 heavy (non-hydrogen) atoms. The van der Waals surface area contributed by atoms with Crippen LogP contribution in [0.25, 0.3) is 0 Å². The second-order valence-corrected chi connectivity index (χ2v) is 4.40. The number of ether oxygens (including phenoxy) is 1. The first-order valence-corrected chi connectivity index (χ1v) is 6.17. The summed E-state index contributed by atoms with van der Waals surface area (Å²) in [6.45, 7) is 7.96. The first-order valence-electron chi connectivity index (χ1n) is 5.18. The van der Waals surface area contributed by atoms with Gasteiger partial charge in [-0.05, 0) is 25.5 Å². The standard InChI is InChI=1S/C13H16O2S/c1-4-15-13(14)11(3)9-16-12-8-6-5-7-10(12)2/h5-8H,3-4,9H2,1-2H3. The summed E-state index contributed by atoms with van der Waals surface area (Å²) < 4.78 is 4.87. The molecule has 0 N–H and O–H groups in total. The molecule has 0 amide bonds. The van der Waals surface area contributed by atoms with E-state index in [2.05, 4.69) is 19.6 Å². The molecule has 0 aliphatic heterocycles. The predicted octanol–water partition coefficient (Wildman–Crippen LogP) is 3.21. The summed E-state index contributed by atoms with van der Waals surface area (Å²) in [6.07, 6.45) is 0. The molecule has 2 nitrogen and oxygen atoms in total. The highest BCUT2D eigenvalue weighted by Gasteiger charge is 2.08. The van der Waals surface area contributed by atoms with Crippen LogP contribution in [0.2, 0.25) is 0 Å². The molecule has 0 aliphatic carbocycles. The van der Waals surface area contributed by atoms with Gasteiger partial charge in [0.1, 0.15) is 0 Å². The van der Waals surface area contributed by atoms with Gasteiger partial charge in [0, 0.05) is 16.2 Å². The summed E-state index contributed by atoms with van der Waals surface area (Å²) in [5.41, 5.74) is 1.72.